The molecule has 18 heavy (non-hydrogen) atoms. The minimum Gasteiger partial charge on any atom is -0.296 e. The predicted molar refractivity (Wildman–Crippen MR) is 79.0 cm³/mol. The summed E-state index contributed by atoms with van der Waals surface area (Å²) < 4.78 is 0. The molecule has 0 bridgehead atoms. The van der Waals surface area contributed by atoms with Crippen LogP contribution < -0.4 is 0 Å². The molecule has 1 aliphatic heterocycles. The number of thioether (sulfide) groups is 1. The van der Waals surface area contributed by atoms with E-state index in [4.69, 9.17) is 0 Å². The summed E-state index contributed by atoms with van der Waals surface area (Å²) in [5, 5.41) is 1.15. The molecule has 1 saturated heterocycles. The van der Waals surface area contributed by atoms with Crippen molar-refractivity contribution in [1.29, 1.82) is 0 Å². The smallest absolute Gasteiger partial charge is 0.0959 e. The van der Waals surface area contributed by atoms with Gasteiger partial charge in [0, 0.05) is 18.8 Å². The highest BCUT2D eigenvalue weighted by atomic mass is 32.2. The fraction of sp³-hybridized carbons (Fsp3) is 0.667. The number of aromatic nitrogens is 1. The van der Waals surface area contributed by atoms with E-state index in [0.29, 0.717) is 6.04 Å². The summed E-state index contributed by atoms with van der Waals surface area (Å²) in [5.41, 5.74) is 1.40. The maximum atomic E-state index is 4.56. The van der Waals surface area contributed by atoms with Crippen molar-refractivity contribution < 1.29 is 0 Å². The minimum atomic E-state index is 0.598. The van der Waals surface area contributed by atoms with Gasteiger partial charge in [0.15, 0.2) is 0 Å². The van der Waals surface area contributed by atoms with Gasteiger partial charge in [0.1, 0.15) is 0 Å². The molecule has 1 fully saturated rings. The van der Waals surface area contributed by atoms with Crippen LogP contribution in [0.2, 0.25) is 0 Å². The van der Waals surface area contributed by atoms with Crippen LogP contribution in [0.15, 0.2) is 23.4 Å². The van der Waals surface area contributed by atoms with E-state index in [2.05, 4.69) is 49.0 Å². The van der Waals surface area contributed by atoms with Crippen LogP contribution >= 0.6 is 11.8 Å². The van der Waals surface area contributed by atoms with E-state index in [0.717, 1.165) is 16.7 Å². The first-order valence-corrected chi connectivity index (χ1v) is 8.02. The van der Waals surface area contributed by atoms with E-state index in [1.165, 1.54) is 31.5 Å². The molecule has 3 heteroatoms. The monoisotopic (exact) mass is 264 g/mol. The molecule has 2 heterocycles. The molecule has 1 aromatic heterocycles. The first-order valence-electron chi connectivity index (χ1n) is 7.03. The average Bonchev–Trinajstić information content (AvgIpc) is 2.78. The lowest BCUT2D eigenvalue weighted by Crippen LogP contribution is -2.27. The second kappa shape index (κ2) is 6.58. The normalized spacial score (nSPS) is 20.8. The van der Waals surface area contributed by atoms with Crippen LogP contribution in [0.25, 0.3) is 0 Å². The van der Waals surface area contributed by atoms with Crippen LogP contribution in [0.1, 0.15) is 45.2 Å². The highest BCUT2D eigenvalue weighted by molar-refractivity contribution is 7.99. The SMILES string of the molecule is CCSc1ccc(C2CCCN2CC(C)C)cn1. The molecule has 0 spiro atoms. The Bertz CT molecular complexity index is 361. The number of hydrogen-bond donors (Lipinski definition) is 0. The first kappa shape index (κ1) is 13.9. The van der Waals surface area contributed by atoms with Crippen molar-refractivity contribution >= 4 is 11.8 Å². The van der Waals surface area contributed by atoms with Gasteiger partial charge in [-0.2, -0.15) is 0 Å². The Hall–Kier alpha value is -0.540. The Morgan fingerprint density at radius 1 is 1.44 bits per heavy atom. The molecule has 1 atom stereocenters. The average molecular weight is 264 g/mol. The molecule has 1 aliphatic rings. The number of pyridine rings is 1. The fourth-order valence-corrected chi connectivity index (χ4v) is 3.30. The van der Waals surface area contributed by atoms with E-state index < -0.39 is 0 Å². The van der Waals surface area contributed by atoms with E-state index >= 15 is 0 Å². The van der Waals surface area contributed by atoms with Crippen molar-refractivity contribution in [3.63, 3.8) is 0 Å². The van der Waals surface area contributed by atoms with E-state index in [1.807, 2.05) is 11.8 Å². The van der Waals surface area contributed by atoms with Gasteiger partial charge in [0.25, 0.3) is 0 Å². The first-order chi connectivity index (χ1) is 8.70. The topological polar surface area (TPSA) is 16.1 Å². The summed E-state index contributed by atoms with van der Waals surface area (Å²) in [6.07, 6.45) is 4.69. The van der Waals surface area contributed by atoms with Gasteiger partial charge in [-0.3, -0.25) is 4.90 Å². The molecule has 2 rings (SSSR count). The summed E-state index contributed by atoms with van der Waals surface area (Å²) in [5.74, 6) is 1.84. The maximum Gasteiger partial charge on any atom is 0.0959 e. The van der Waals surface area contributed by atoms with Gasteiger partial charge >= 0.3 is 0 Å². The lowest BCUT2D eigenvalue weighted by atomic mass is 10.1. The van der Waals surface area contributed by atoms with Crippen LogP contribution in [0.4, 0.5) is 0 Å². The Balaban J connectivity index is 2.05. The van der Waals surface area contributed by atoms with Crippen molar-refractivity contribution in [2.45, 2.75) is 44.7 Å². The summed E-state index contributed by atoms with van der Waals surface area (Å²) in [4.78, 5) is 7.18. The zero-order chi connectivity index (χ0) is 13.0. The van der Waals surface area contributed by atoms with E-state index in [-0.39, 0.29) is 0 Å². The predicted octanol–water partition coefficient (Wildman–Crippen LogP) is 3.99. The fourth-order valence-electron chi connectivity index (χ4n) is 2.71. The van der Waals surface area contributed by atoms with Gasteiger partial charge in [0.05, 0.1) is 5.03 Å². The molecule has 0 N–H and O–H groups in total. The van der Waals surface area contributed by atoms with Gasteiger partial charge in [-0.25, -0.2) is 4.98 Å². The molecule has 1 aromatic rings. The number of hydrogen-bond acceptors (Lipinski definition) is 3. The van der Waals surface area contributed by atoms with Crippen molar-refractivity contribution in [2.24, 2.45) is 5.92 Å². The number of nitrogens with zero attached hydrogens (tertiary/aromatic N) is 2. The highest BCUT2D eigenvalue weighted by Gasteiger charge is 2.26. The van der Waals surface area contributed by atoms with Crippen LogP contribution in [0.5, 0.6) is 0 Å². The molecule has 0 saturated carbocycles. The molecule has 0 aliphatic carbocycles. The summed E-state index contributed by atoms with van der Waals surface area (Å²) >= 11 is 1.81. The number of likely N-dealkylation sites (tertiary alicyclic amines) is 1. The molecule has 100 valence electrons. The Morgan fingerprint density at radius 2 is 2.28 bits per heavy atom. The molecule has 1 unspecified atom stereocenters. The van der Waals surface area contributed by atoms with Gasteiger partial charge in [0.2, 0.25) is 0 Å². The second-order valence-corrected chi connectivity index (χ2v) is 6.69. The van der Waals surface area contributed by atoms with Crippen LogP contribution in [0.3, 0.4) is 0 Å². The van der Waals surface area contributed by atoms with Crippen LogP contribution in [-0.4, -0.2) is 28.7 Å². The zero-order valence-corrected chi connectivity index (χ0v) is 12.5. The number of rotatable bonds is 5. The summed E-state index contributed by atoms with van der Waals surface area (Å²) in [6, 6.07) is 5.05. The van der Waals surface area contributed by atoms with Crippen LogP contribution in [-0.2, 0) is 0 Å². The molecule has 0 radical (unpaired) electrons. The van der Waals surface area contributed by atoms with Crippen molar-refractivity contribution in [3.8, 4) is 0 Å². The molecular formula is C15H24N2S. The Morgan fingerprint density at radius 3 is 2.89 bits per heavy atom. The molecule has 0 amide bonds. The lowest BCUT2D eigenvalue weighted by molar-refractivity contribution is 0.228. The molecule has 2 nitrogen and oxygen atoms in total. The second-order valence-electron chi connectivity index (χ2n) is 5.41. The highest BCUT2D eigenvalue weighted by Crippen LogP contribution is 2.32. The zero-order valence-electron chi connectivity index (χ0n) is 11.7. The molecule has 0 aromatic carbocycles. The Labute approximate surface area is 115 Å². The van der Waals surface area contributed by atoms with Gasteiger partial charge in [-0.15, -0.1) is 11.8 Å². The molecular weight excluding hydrogens is 240 g/mol. The van der Waals surface area contributed by atoms with Crippen molar-refractivity contribution in [3.05, 3.63) is 23.9 Å². The third-order valence-corrected chi connectivity index (χ3v) is 4.23. The summed E-state index contributed by atoms with van der Waals surface area (Å²) in [6.45, 7) is 9.22. The summed E-state index contributed by atoms with van der Waals surface area (Å²) in [7, 11) is 0. The quantitative estimate of drug-likeness (QED) is 0.748. The van der Waals surface area contributed by atoms with Crippen molar-refractivity contribution in [2.75, 3.05) is 18.8 Å². The lowest BCUT2D eigenvalue weighted by Gasteiger charge is -2.26. The largest absolute Gasteiger partial charge is 0.296 e. The van der Waals surface area contributed by atoms with E-state index in [9.17, 15) is 0 Å². The third kappa shape index (κ3) is 3.48. The third-order valence-electron chi connectivity index (χ3n) is 3.40. The Kier molecular flexibility index (Phi) is 5.07. The standard InChI is InChI=1S/C15H24N2S/c1-4-18-15-8-7-13(10-16-15)14-6-5-9-17(14)11-12(2)3/h7-8,10,12,14H,4-6,9,11H2,1-3H3. The van der Waals surface area contributed by atoms with Gasteiger partial charge in [-0.05, 0) is 42.7 Å². The maximum absolute atomic E-state index is 4.56. The van der Waals surface area contributed by atoms with Crippen molar-refractivity contribution in [1.82, 2.24) is 9.88 Å². The van der Waals surface area contributed by atoms with E-state index in [1.54, 1.807) is 0 Å². The van der Waals surface area contributed by atoms with Crippen LogP contribution in [0, 0.1) is 5.92 Å². The minimum absolute atomic E-state index is 0.598. The van der Waals surface area contributed by atoms with Gasteiger partial charge < -0.3 is 0 Å². The van der Waals surface area contributed by atoms with Gasteiger partial charge in [-0.1, -0.05) is 26.8 Å².